The Morgan fingerprint density at radius 3 is 2.32 bits per heavy atom. The molecule has 0 aliphatic rings. The molecule has 0 unspecified atom stereocenters. The highest BCUT2D eigenvalue weighted by molar-refractivity contribution is 5.83. The zero-order valence-corrected chi connectivity index (χ0v) is 11.7. The van der Waals surface area contributed by atoms with E-state index in [1.807, 2.05) is 0 Å². The third kappa shape index (κ3) is 3.68. The molecule has 0 amide bonds. The van der Waals surface area contributed by atoms with Gasteiger partial charge in [0, 0.05) is 10.6 Å². The summed E-state index contributed by atoms with van der Waals surface area (Å²) < 4.78 is 37.6. The highest BCUT2D eigenvalue weighted by Crippen LogP contribution is 2.31. The van der Waals surface area contributed by atoms with Crippen molar-refractivity contribution < 1.29 is 13.2 Å². The van der Waals surface area contributed by atoms with E-state index in [0.717, 1.165) is 17.7 Å². The van der Waals surface area contributed by atoms with E-state index in [1.165, 1.54) is 12.1 Å². The van der Waals surface area contributed by atoms with Gasteiger partial charge in [-0.05, 0) is 41.3 Å². The number of allylic oxidation sites excluding steroid dienone is 1. The van der Waals surface area contributed by atoms with Gasteiger partial charge in [-0.2, -0.15) is 13.2 Å². The number of hydrogen-bond acceptors (Lipinski definition) is 1. The molecule has 0 atom stereocenters. The van der Waals surface area contributed by atoms with Gasteiger partial charge in [-0.3, -0.25) is 0 Å². The van der Waals surface area contributed by atoms with Crippen LogP contribution in [0.25, 0.3) is 22.1 Å². The Morgan fingerprint density at radius 2 is 1.73 bits per heavy atom. The molecule has 2 aromatic rings. The van der Waals surface area contributed by atoms with Crippen molar-refractivity contribution in [2.45, 2.75) is 13.1 Å². The molecule has 0 radical (unpaired) electrons. The van der Waals surface area contributed by atoms with Gasteiger partial charge in [-0.15, -0.1) is 0 Å². The molecule has 0 heterocycles. The van der Waals surface area contributed by atoms with E-state index in [0.29, 0.717) is 16.8 Å². The molecule has 0 saturated carbocycles. The van der Waals surface area contributed by atoms with Crippen molar-refractivity contribution in [3.63, 3.8) is 0 Å². The fraction of sp³-hybridized carbons (Fsp3) is 0.125. The second-order valence-corrected chi connectivity index (χ2v) is 4.65. The normalized spacial score (nSPS) is 11.9. The zero-order chi connectivity index (χ0) is 16.2. The van der Waals surface area contributed by atoms with E-state index < -0.39 is 11.7 Å². The highest BCUT2D eigenvalue weighted by Gasteiger charge is 2.29. The molecular formula is C16H12F3N3. The van der Waals surface area contributed by atoms with E-state index in [4.69, 9.17) is 5.53 Å². The second-order valence-electron chi connectivity index (χ2n) is 4.65. The van der Waals surface area contributed by atoms with Crippen molar-refractivity contribution in [3.05, 3.63) is 75.7 Å². The Balaban J connectivity index is 2.35. The summed E-state index contributed by atoms with van der Waals surface area (Å²) >= 11 is 0. The minimum Gasteiger partial charge on any atom is -0.166 e. The fourth-order valence-corrected chi connectivity index (χ4v) is 1.99. The smallest absolute Gasteiger partial charge is 0.166 e. The molecule has 2 aromatic carbocycles. The Bertz CT molecular complexity index is 740. The molecule has 0 saturated heterocycles. The maximum Gasteiger partial charge on any atom is 0.416 e. The van der Waals surface area contributed by atoms with Crippen molar-refractivity contribution in [1.82, 2.24) is 0 Å². The minimum atomic E-state index is -4.34. The number of halogens is 3. The maximum atomic E-state index is 12.5. The average molecular weight is 303 g/mol. The van der Waals surface area contributed by atoms with Crippen LogP contribution < -0.4 is 0 Å². The Kier molecular flexibility index (Phi) is 4.53. The van der Waals surface area contributed by atoms with Crippen molar-refractivity contribution in [2.24, 2.45) is 5.11 Å². The molecule has 112 valence electrons. The average Bonchev–Trinajstić information content (AvgIpc) is 2.49. The largest absolute Gasteiger partial charge is 0.416 e. The van der Waals surface area contributed by atoms with E-state index in [-0.39, 0.29) is 0 Å². The molecule has 0 bridgehead atoms. The molecule has 0 spiro atoms. The van der Waals surface area contributed by atoms with Crippen molar-refractivity contribution in [3.8, 4) is 0 Å². The first-order valence-corrected chi connectivity index (χ1v) is 6.42. The first-order chi connectivity index (χ1) is 10.4. The molecule has 0 aliphatic carbocycles. The lowest BCUT2D eigenvalue weighted by Gasteiger charge is -2.08. The van der Waals surface area contributed by atoms with Crippen molar-refractivity contribution in [2.75, 3.05) is 0 Å². The van der Waals surface area contributed by atoms with Gasteiger partial charge in [-0.1, -0.05) is 47.6 Å². The van der Waals surface area contributed by atoms with Gasteiger partial charge < -0.3 is 0 Å². The Morgan fingerprint density at radius 1 is 1.09 bits per heavy atom. The molecule has 6 heteroatoms. The van der Waals surface area contributed by atoms with Crippen LogP contribution in [-0.2, 0) is 6.18 Å². The van der Waals surface area contributed by atoms with Gasteiger partial charge in [0.2, 0.25) is 0 Å². The van der Waals surface area contributed by atoms with Gasteiger partial charge in [0.1, 0.15) is 0 Å². The molecule has 0 fully saturated rings. The van der Waals surface area contributed by atoms with Gasteiger partial charge in [0.25, 0.3) is 0 Å². The standard InChI is InChI=1S/C16H12F3N3/c1-11(10-13-4-2-3-5-15(13)21-22-20)12-6-8-14(9-7-12)16(17,18)19/h2-10H,1H3/b11-10+. The Hall–Kier alpha value is -2.72. The van der Waals surface area contributed by atoms with Crippen LogP contribution in [0.4, 0.5) is 18.9 Å². The van der Waals surface area contributed by atoms with Crippen LogP contribution in [0.2, 0.25) is 0 Å². The van der Waals surface area contributed by atoms with Crippen LogP contribution in [0.1, 0.15) is 23.6 Å². The molecule has 3 nitrogen and oxygen atoms in total. The van der Waals surface area contributed by atoms with Crippen LogP contribution in [-0.4, -0.2) is 0 Å². The molecule has 0 N–H and O–H groups in total. The van der Waals surface area contributed by atoms with Gasteiger partial charge in [0.05, 0.1) is 5.56 Å². The summed E-state index contributed by atoms with van der Waals surface area (Å²) in [5.74, 6) is 0. The van der Waals surface area contributed by atoms with E-state index in [2.05, 4.69) is 10.0 Å². The number of alkyl halides is 3. The quantitative estimate of drug-likeness (QED) is 0.280. The summed E-state index contributed by atoms with van der Waals surface area (Å²) in [6, 6.07) is 11.9. The Labute approximate surface area is 125 Å². The predicted octanol–water partition coefficient (Wildman–Crippen LogP) is 6.21. The number of azide groups is 1. The molecular weight excluding hydrogens is 291 g/mol. The topological polar surface area (TPSA) is 48.8 Å². The molecule has 22 heavy (non-hydrogen) atoms. The van der Waals surface area contributed by atoms with Gasteiger partial charge >= 0.3 is 6.18 Å². The lowest BCUT2D eigenvalue weighted by atomic mass is 10.0. The molecule has 0 aliphatic heterocycles. The van der Waals surface area contributed by atoms with Crippen LogP contribution in [0.3, 0.4) is 0 Å². The molecule has 0 aromatic heterocycles. The van der Waals surface area contributed by atoms with Gasteiger partial charge in [-0.25, -0.2) is 0 Å². The predicted molar refractivity (Wildman–Crippen MR) is 80.2 cm³/mol. The minimum absolute atomic E-state index is 0.469. The van der Waals surface area contributed by atoms with E-state index in [1.54, 1.807) is 37.3 Å². The number of nitrogens with zero attached hydrogens (tertiary/aromatic N) is 3. The maximum absolute atomic E-state index is 12.5. The number of rotatable bonds is 3. The SMILES string of the molecule is C/C(=C\c1ccccc1N=[N+]=[N-])c1ccc(C(F)(F)F)cc1. The number of hydrogen-bond donors (Lipinski definition) is 0. The summed E-state index contributed by atoms with van der Waals surface area (Å²) in [6.45, 7) is 1.79. The second kappa shape index (κ2) is 6.37. The first-order valence-electron chi connectivity index (χ1n) is 6.42. The third-order valence-electron chi connectivity index (χ3n) is 3.13. The first kappa shape index (κ1) is 15.7. The number of benzene rings is 2. The van der Waals surface area contributed by atoms with Crippen molar-refractivity contribution >= 4 is 17.3 Å². The summed E-state index contributed by atoms with van der Waals surface area (Å²) in [4.78, 5) is 2.76. The van der Waals surface area contributed by atoms with Crippen LogP contribution in [0.5, 0.6) is 0 Å². The van der Waals surface area contributed by atoms with E-state index >= 15 is 0 Å². The highest BCUT2D eigenvalue weighted by atomic mass is 19.4. The van der Waals surface area contributed by atoms with Crippen LogP contribution >= 0.6 is 0 Å². The third-order valence-corrected chi connectivity index (χ3v) is 3.13. The monoisotopic (exact) mass is 303 g/mol. The summed E-state index contributed by atoms with van der Waals surface area (Å²) in [5.41, 5.74) is 10.5. The lowest BCUT2D eigenvalue weighted by molar-refractivity contribution is -0.137. The van der Waals surface area contributed by atoms with Crippen molar-refractivity contribution in [1.29, 1.82) is 0 Å². The lowest BCUT2D eigenvalue weighted by Crippen LogP contribution is -2.04. The summed E-state index contributed by atoms with van der Waals surface area (Å²) in [6.07, 6.45) is -2.57. The van der Waals surface area contributed by atoms with Crippen LogP contribution in [0, 0.1) is 0 Å². The fourth-order valence-electron chi connectivity index (χ4n) is 1.99. The van der Waals surface area contributed by atoms with Crippen LogP contribution in [0.15, 0.2) is 53.6 Å². The van der Waals surface area contributed by atoms with Gasteiger partial charge in [0.15, 0.2) is 0 Å². The summed E-state index contributed by atoms with van der Waals surface area (Å²) in [7, 11) is 0. The zero-order valence-electron chi connectivity index (χ0n) is 11.7. The molecule has 2 rings (SSSR count). The van der Waals surface area contributed by atoms with E-state index in [9.17, 15) is 13.2 Å². The summed E-state index contributed by atoms with van der Waals surface area (Å²) in [5, 5.41) is 3.59.